The Labute approximate surface area is 336 Å². The molecule has 0 saturated carbocycles. The van der Waals surface area contributed by atoms with Crippen molar-refractivity contribution in [1.29, 1.82) is 0 Å². The Morgan fingerprint density at radius 2 is 0.828 bits per heavy atom. The van der Waals surface area contributed by atoms with Crippen molar-refractivity contribution in [3.8, 4) is 73.2 Å². The third kappa shape index (κ3) is 6.33. The van der Waals surface area contributed by atoms with Gasteiger partial charge in [-0.25, -0.2) is 19.3 Å². The first-order chi connectivity index (χ1) is 28.5. The predicted octanol–water partition coefficient (Wildman–Crippen LogP) is 13.7. The van der Waals surface area contributed by atoms with Gasteiger partial charge in [0.25, 0.3) is 0 Å². The van der Waals surface area contributed by atoms with E-state index in [4.69, 9.17) is 15.0 Å². The number of aromatic nitrogens is 4. The second-order valence-electron chi connectivity index (χ2n) is 14.7. The Morgan fingerprint density at radius 1 is 0.362 bits per heavy atom. The summed E-state index contributed by atoms with van der Waals surface area (Å²) < 4.78 is 16.7. The molecule has 2 heterocycles. The number of aryl methyl sites for hydroxylation is 2. The SMILES string of the molecule is Cc1ccccc1-c1ccc2c3ccc(-c4ccccc4C)cc3n(-c3ccc(-c4ccc(F)cc4)c(-c4nc(-c5ccccc5)nc(-c5ccccc5)n4)c3)c2c1. The van der Waals surface area contributed by atoms with Crippen LogP contribution in [0.25, 0.3) is 95.0 Å². The number of fused-ring (bicyclic) bond motifs is 3. The predicted molar refractivity (Wildman–Crippen MR) is 236 cm³/mol. The van der Waals surface area contributed by atoms with Gasteiger partial charge in [-0.2, -0.15) is 0 Å². The second kappa shape index (κ2) is 14.5. The normalized spacial score (nSPS) is 11.4. The van der Waals surface area contributed by atoms with Gasteiger partial charge >= 0.3 is 0 Å². The van der Waals surface area contributed by atoms with Gasteiger partial charge in [0.2, 0.25) is 0 Å². The Balaban J connectivity index is 1.27. The van der Waals surface area contributed by atoms with Crippen LogP contribution in [0.15, 0.2) is 188 Å². The number of hydrogen-bond acceptors (Lipinski definition) is 3. The summed E-state index contributed by atoms with van der Waals surface area (Å²) >= 11 is 0. The molecule has 0 atom stereocenters. The van der Waals surface area contributed by atoms with Crippen LogP contribution in [-0.2, 0) is 0 Å². The molecule has 0 aliphatic rings. The van der Waals surface area contributed by atoms with E-state index in [1.165, 1.54) is 34.4 Å². The molecule has 58 heavy (non-hydrogen) atoms. The maximum atomic E-state index is 14.4. The van der Waals surface area contributed by atoms with Crippen molar-refractivity contribution in [3.05, 3.63) is 205 Å². The molecule has 5 heteroatoms. The molecule has 8 aromatic carbocycles. The van der Waals surface area contributed by atoms with E-state index >= 15 is 0 Å². The molecule has 10 rings (SSSR count). The molecule has 0 unspecified atom stereocenters. The number of hydrogen-bond donors (Lipinski definition) is 0. The molecule has 0 aliphatic heterocycles. The van der Waals surface area contributed by atoms with E-state index in [1.54, 1.807) is 0 Å². The third-order valence-electron chi connectivity index (χ3n) is 11.0. The highest BCUT2D eigenvalue weighted by atomic mass is 19.1. The molecular weight excluding hydrogens is 712 g/mol. The van der Waals surface area contributed by atoms with Crippen LogP contribution in [0, 0.1) is 19.7 Å². The van der Waals surface area contributed by atoms with Crippen LogP contribution in [0.1, 0.15) is 11.1 Å². The minimum atomic E-state index is -0.293. The largest absolute Gasteiger partial charge is 0.309 e. The van der Waals surface area contributed by atoms with Crippen molar-refractivity contribution in [3.63, 3.8) is 0 Å². The first kappa shape index (κ1) is 35.0. The van der Waals surface area contributed by atoms with Crippen LogP contribution in [0.3, 0.4) is 0 Å². The van der Waals surface area contributed by atoms with E-state index in [2.05, 4.69) is 122 Å². The maximum absolute atomic E-state index is 14.4. The van der Waals surface area contributed by atoms with Crippen LogP contribution in [0.2, 0.25) is 0 Å². The van der Waals surface area contributed by atoms with Gasteiger partial charge in [0.05, 0.1) is 11.0 Å². The topological polar surface area (TPSA) is 43.6 Å². The highest BCUT2D eigenvalue weighted by Gasteiger charge is 2.20. The quantitative estimate of drug-likeness (QED) is 0.163. The molecule has 0 spiro atoms. The summed E-state index contributed by atoms with van der Waals surface area (Å²) in [4.78, 5) is 15.3. The fourth-order valence-electron chi connectivity index (χ4n) is 8.09. The van der Waals surface area contributed by atoms with E-state index in [1.807, 2.05) is 72.8 Å². The van der Waals surface area contributed by atoms with E-state index in [9.17, 15) is 4.39 Å². The van der Waals surface area contributed by atoms with Gasteiger partial charge in [-0.05, 0) is 94.8 Å². The number of nitrogens with zero attached hydrogens (tertiary/aromatic N) is 4. The lowest BCUT2D eigenvalue weighted by molar-refractivity contribution is 0.628. The van der Waals surface area contributed by atoms with Crippen LogP contribution in [0.5, 0.6) is 0 Å². The average Bonchev–Trinajstić information content (AvgIpc) is 3.60. The van der Waals surface area contributed by atoms with Gasteiger partial charge in [-0.15, -0.1) is 0 Å². The van der Waals surface area contributed by atoms with Crippen molar-refractivity contribution in [2.24, 2.45) is 0 Å². The third-order valence-corrected chi connectivity index (χ3v) is 11.0. The molecule has 0 saturated heterocycles. The van der Waals surface area contributed by atoms with Crippen LogP contribution in [-0.4, -0.2) is 19.5 Å². The summed E-state index contributed by atoms with van der Waals surface area (Å²) in [7, 11) is 0. The Kier molecular flexibility index (Phi) is 8.76. The summed E-state index contributed by atoms with van der Waals surface area (Å²) in [6.07, 6.45) is 0. The zero-order valence-electron chi connectivity index (χ0n) is 32.1. The molecule has 2 aromatic heterocycles. The Morgan fingerprint density at radius 3 is 1.34 bits per heavy atom. The molecule has 276 valence electrons. The van der Waals surface area contributed by atoms with Crippen LogP contribution < -0.4 is 0 Å². The average molecular weight is 749 g/mol. The molecule has 10 aromatic rings. The Bertz CT molecular complexity index is 2970. The summed E-state index contributed by atoms with van der Waals surface area (Å²) in [5.74, 6) is 1.37. The highest BCUT2D eigenvalue weighted by molar-refractivity contribution is 6.11. The zero-order chi connectivity index (χ0) is 39.2. The zero-order valence-corrected chi connectivity index (χ0v) is 32.1. The van der Waals surface area contributed by atoms with Crippen molar-refractivity contribution in [1.82, 2.24) is 19.5 Å². The standard InChI is InChI=1S/C53H37FN4/c1-34-13-9-11-19-43(34)39-23-28-46-47-29-24-40(44-20-12-10-14-35(44)2)32-50(47)58(49(46)31-39)42-27-30-45(36-21-25-41(54)26-22-36)48(33-42)53-56-51(37-15-5-3-6-16-37)55-52(57-53)38-17-7-4-8-18-38/h3-33H,1-2H3. The number of rotatable bonds is 7. The summed E-state index contributed by atoms with van der Waals surface area (Å²) in [6.45, 7) is 4.32. The van der Waals surface area contributed by atoms with Crippen LogP contribution >= 0.6 is 0 Å². The number of halogens is 1. The molecule has 0 aliphatic carbocycles. The van der Waals surface area contributed by atoms with Gasteiger partial charge < -0.3 is 4.57 Å². The van der Waals surface area contributed by atoms with Gasteiger partial charge in [-0.1, -0.05) is 152 Å². The van der Waals surface area contributed by atoms with Gasteiger partial charge in [0.1, 0.15) is 5.82 Å². The van der Waals surface area contributed by atoms with Gasteiger partial charge in [0.15, 0.2) is 17.5 Å². The monoisotopic (exact) mass is 748 g/mol. The number of benzene rings is 8. The fourth-order valence-corrected chi connectivity index (χ4v) is 8.09. The minimum Gasteiger partial charge on any atom is -0.309 e. The summed E-state index contributed by atoms with van der Waals surface area (Å²) in [6, 6.07) is 63.7. The van der Waals surface area contributed by atoms with Crippen molar-refractivity contribution in [2.75, 3.05) is 0 Å². The molecule has 0 N–H and O–H groups in total. The molecule has 0 radical (unpaired) electrons. The van der Waals surface area contributed by atoms with E-state index in [-0.39, 0.29) is 5.82 Å². The fraction of sp³-hybridized carbons (Fsp3) is 0.0377. The highest BCUT2D eigenvalue weighted by Crippen LogP contribution is 2.40. The lowest BCUT2D eigenvalue weighted by atomic mass is 9.97. The lowest BCUT2D eigenvalue weighted by Gasteiger charge is -2.16. The van der Waals surface area contributed by atoms with Gasteiger partial charge in [-0.3, -0.25) is 0 Å². The maximum Gasteiger partial charge on any atom is 0.164 e. The molecule has 4 nitrogen and oxygen atoms in total. The van der Waals surface area contributed by atoms with Crippen LogP contribution in [0.4, 0.5) is 4.39 Å². The summed E-state index contributed by atoms with van der Waals surface area (Å²) in [5.41, 5.74) is 14.6. The molecule has 0 fully saturated rings. The van der Waals surface area contributed by atoms with E-state index in [0.29, 0.717) is 17.5 Å². The lowest BCUT2D eigenvalue weighted by Crippen LogP contribution is -2.02. The van der Waals surface area contributed by atoms with E-state index in [0.717, 1.165) is 66.4 Å². The first-order valence-electron chi connectivity index (χ1n) is 19.5. The smallest absolute Gasteiger partial charge is 0.164 e. The van der Waals surface area contributed by atoms with Crippen molar-refractivity contribution in [2.45, 2.75) is 13.8 Å². The van der Waals surface area contributed by atoms with Crippen molar-refractivity contribution < 1.29 is 4.39 Å². The molecule has 0 bridgehead atoms. The second-order valence-corrected chi connectivity index (χ2v) is 14.7. The minimum absolute atomic E-state index is 0.293. The Hall–Kier alpha value is -7.50. The first-order valence-corrected chi connectivity index (χ1v) is 19.5. The van der Waals surface area contributed by atoms with Crippen molar-refractivity contribution >= 4 is 21.8 Å². The molecule has 0 amide bonds. The summed E-state index contributed by atoms with van der Waals surface area (Å²) in [5, 5.41) is 2.32. The van der Waals surface area contributed by atoms with E-state index < -0.39 is 0 Å². The van der Waals surface area contributed by atoms with Gasteiger partial charge in [0, 0.05) is 33.2 Å². The molecular formula is C53H37FN4.